The van der Waals surface area contributed by atoms with Crippen molar-refractivity contribution in [3.8, 4) is 22.8 Å². The average Bonchev–Trinajstić information content (AvgIpc) is 3.10. The van der Waals surface area contributed by atoms with Crippen molar-refractivity contribution in [2.24, 2.45) is 0 Å². The Balaban J connectivity index is 1.49. The summed E-state index contributed by atoms with van der Waals surface area (Å²) in [6.45, 7) is 1.66. The molecule has 1 aliphatic rings. The van der Waals surface area contributed by atoms with Gasteiger partial charge in [-0.3, -0.25) is 14.5 Å². The Kier molecular flexibility index (Phi) is 5.13. The lowest BCUT2D eigenvalue weighted by Gasteiger charge is -2.27. The van der Waals surface area contributed by atoms with Crippen LogP contribution in [0.15, 0.2) is 42.6 Å². The lowest BCUT2D eigenvalue weighted by Crippen LogP contribution is -2.43. The number of pyridine rings is 1. The van der Waals surface area contributed by atoms with Gasteiger partial charge < -0.3 is 14.8 Å². The first kappa shape index (κ1) is 18.9. The molecule has 0 bridgehead atoms. The van der Waals surface area contributed by atoms with Crippen LogP contribution in [0.1, 0.15) is 4.88 Å². The van der Waals surface area contributed by atoms with Gasteiger partial charge in [-0.2, -0.15) is 0 Å². The van der Waals surface area contributed by atoms with Gasteiger partial charge in [-0.1, -0.05) is 0 Å². The molecule has 0 spiro atoms. The number of carbonyl (C=O) groups excluding carboxylic acids is 2. The normalized spacial score (nSPS) is 12.9. The van der Waals surface area contributed by atoms with Crippen molar-refractivity contribution in [1.29, 1.82) is 0 Å². The number of benzene rings is 1. The molecule has 9 heteroatoms. The van der Waals surface area contributed by atoms with Crippen LogP contribution in [0.3, 0.4) is 0 Å². The standard InChI is InChI=1S/C20H18N4O4S/c1-12-18(13-5-7-14(27-2)8-6-13)23-20(29-12)22-16(25)10-24-17(26)11-28-15-4-3-9-21-19(15)24/h3-9H,10-11H2,1-2H3,(H,22,23,25). The summed E-state index contributed by atoms with van der Waals surface area (Å²) < 4.78 is 10.5. The van der Waals surface area contributed by atoms with Gasteiger partial charge in [-0.15, -0.1) is 11.3 Å². The predicted molar refractivity (Wildman–Crippen MR) is 110 cm³/mol. The largest absolute Gasteiger partial charge is 0.497 e. The molecular formula is C20H18N4O4S. The van der Waals surface area contributed by atoms with Crippen LogP contribution in [0, 0.1) is 6.92 Å². The summed E-state index contributed by atoms with van der Waals surface area (Å²) in [6, 6.07) is 11.0. The van der Waals surface area contributed by atoms with Crippen LogP contribution in [0.2, 0.25) is 0 Å². The Morgan fingerprint density at radius 3 is 2.86 bits per heavy atom. The predicted octanol–water partition coefficient (Wildman–Crippen LogP) is 2.89. The van der Waals surface area contributed by atoms with Gasteiger partial charge in [0.05, 0.1) is 12.8 Å². The molecule has 2 amide bonds. The molecule has 0 fully saturated rings. The summed E-state index contributed by atoms with van der Waals surface area (Å²) in [4.78, 5) is 35.7. The molecule has 0 radical (unpaired) electrons. The van der Waals surface area contributed by atoms with Crippen molar-refractivity contribution in [2.75, 3.05) is 30.5 Å². The molecule has 3 aromatic rings. The highest BCUT2D eigenvalue weighted by atomic mass is 32.1. The number of hydrogen-bond donors (Lipinski definition) is 1. The van der Waals surface area contributed by atoms with E-state index in [4.69, 9.17) is 9.47 Å². The van der Waals surface area contributed by atoms with Gasteiger partial charge in [0, 0.05) is 16.6 Å². The second kappa shape index (κ2) is 7.88. The van der Waals surface area contributed by atoms with Gasteiger partial charge in [0.2, 0.25) is 5.91 Å². The van der Waals surface area contributed by atoms with E-state index in [0.717, 1.165) is 21.9 Å². The zero-order chi connectivity index (χ0) is 20.4. The first-order chi connectivity index (χ1) is 14.0. The number of nitrogens with one attached hydrogen (secondary N) is 1. The molecule has 4 rings (SSSR count). The second-order valence-electron chi connectivity index (χ2n) is 6.29. The molecule has 1 N–H and O–H groups in total. The minimum atomic E-state index is -0.355. The van der Waals surface area contributed by atoms with Crippen molar-refractivity contribution >= 4 is 34.1 Å². The lowest BCUT2D eigenvalue weighted by molar-refractivity contribution is -0.123. The Hall–Kier alpha value is -3.46. The van der Waals surface area contributed by atoms with E-state index in [1.807, 2.05) is 31.2 Å². The summed E-state index contributed by atoms with van der Waals surface area (Å²) >= 11 is 1.38. The smallest absolute Gasteiger partial charge is 0.266 e. The van der Waals surface area contributed by atoms with E-state index in [2.05, 4.69) is 15.3 Å². The number of aromatic nitrogens is 2. The first-order valence-corrected chi connectivity index (χ1v) is 9.66. The second-order valence-corrected chi connectivity index (χ2v) is 7.50. The topological polar surface area (TPSA) is 93.7 Å². The van der Waals surface area contributed by atoms with Crippen LogP contribution < -0.4 is 19.7 Å². The molecule has 0 saturated carbocycles. The van der Waals surface area contributed by atoms with E-state index in [-0.39, 0.29) is 25.0 Å². The average molecular weight is 410 g/mol. The number of amides is 2. The Labute approximate surface area is 171 Å². The highest BCUT2D eigenvalue weighted by molar-refractivity contribution is 7.16. The third-order valence-corrected chi connectivity index (χ3v) is 5.25. The maximum absolute atomic E-state index is 12.6. The third kappa shape index (κ3) is 3.90. The van der Waals surface area contributed by atoms with Crippen molar-refractivity contribution in [1.82, 2.24) is 9.97 Å². The summed E-state index contributed by atoms with van der Waals surface area (Å²) in [5, 5.41) is 3.25. The van der Waals surface area contributed by atoms with Gasteiger partial charge >= 0.3 is 0 Å². The highest BCUT2D eigenvalue weighted by Crippen LogP contribution is 2.32. The molecule has 2 aromatic heterocycles. The fourth-order valence-corrected chi connectivity index (χ4v) is 3.82. The number of methoxy groups -OCH3 is 1. The molecular weight excluding hydrogens is 392 g/mol. The third-order valence-electron chi connectivity index (χ3n) is 4.37. The quantitative estimate of drug-likeness (QED) is 0.695. The van der Waals surface area contributed by atoms with Crippen molar-refractivity contribution in [3.63, 3.8) is 0 Å². The Bertz CT molecular complexity index is 1060. The van der Waals surface area contributed by atoms with Gasteiger partial charge in [0.1, 0.15) is 12.3 Å². The minimum Gasteiger partial charge on any atom is -0.497 e. The minimum absolute atomic E-state index is 0.121. The van der Waals surface area contributed by atoms with E-state index in [9.17, 15) is 9.59 Å². The van der Waals surface area contributed by atoms with Crippen molar-refractivity contribution in [2.45, 2.75) is 6.92 Å². The number of ether oxygens (including phenoxy) is 2. The molecule has 1 aromatic carbocycles. The number of carbonyl (C=O) groups is 2. The van der Waals surface area contributed by atoms with Gasteiger partial charge in [-0.05, 0) is 43.3 Å². The Morgan fingerprint density at radius 1 is 1.31 bits per heavy atom. The molecule has 0 unspecified atom stereocenters. The number of nitrogens with zero attached hydrogens (tertiary/aromatic N) is 3. The number of anilines is 2. The molecule has 8 nitrogen and oxygen atoms in total. The fourth-order valence-electron chi connectivity index (χ4n) is 2.97. The number of thiazole rings is 1. The van der Waals surface area contributed by atoms with Gasteiger partial charge in [0.15, 0.2) is 23.3 Å². The first-order valence-electron chi connectivity index (χ1n) is 8.85. The molecule has 3 heterocycles. The maximum atomic E-state index is 12.6. The van der Waals surface area contributed by atoms with Gasteiger partial charge in [0.25, 0.3) is 5.91 Å². The Morgan fingerprint density at radius 2 is 2.10 bits per heavy atom. The number of hydrogen-bond acceptors (Lipinski definition) is 7. The van der Waals surface area contributed by atoms with E-state index in [1.54, 1.807) is 25.4 Å². The van der Waals surface area contributed by atoms with Crippen LogP contribution in [0.4, 0.5) is 10.9 Å². The van der Waals surface area contributed by atoms with E-state index < -0.39 is 0 Å². The zero-order valence-corrected chi connectivity index (χ0v) is 16.7. The van der Waals surface area contributed by atoms with Crippen LogP contribution >= 0.6 is 11.3 Å². The van der Waals surface area contributed by atoms with Crippen LogP contribution in [0.25, 0.3) is 11.3 Å². The molecule has 0 aliphatic carbocycles. The highest BCUT2D eigenvalue weighted by Gasteiger charge is 2.28. The zero-order valence-electron chi connectivity index (χ0n) is 15.8. The molecule has 0 atom stereocenters. The number of rotatable bonds is 5. The lowest BCUT2D eigenvalue weighted by atomic mass is 10.1. The SMILES string of the molecule is COc1ccc(-c2nc(NC(=O)CN3C(=O)COc4cccnc43)sc2C)cc1. The van der Waals surface area contributed by atoms with Gasteiger partial charge in [-0.25, -0.2) is 9.97 Å². The van der Waals surface area contributed by atoms with E-state index >= 15 is 0 Å². The summed E-state index contributed by atoms with van der Waals surface area (Å²) in [6.07, 6.45) is 1.55. The van der Waals surface area contributed by atoms with E-state index in [0.29, 0.717) is 16.7 Å². The molecule has 1 aliphatic heterocycles. The number of aryl methyl sites for hydroxylation is 1. The van der Waals surface area contributed by atoms with Crippen LogP contribution in [0.5, 0.6) is 11.5 Å². The molecule has 148 valence electrons. The van der Waals surface area contributed by atoms with Crippen LogP contribution in [-0.4, -0.2) is 42.0 Å². The fraction of sp³-hybridized carbons (Fsp3) is 0.200. The summed E-state index contributed by atoms with van der Waals surface area (Å²) in [7, 11) is 1.61. The molecule has 0 saturated heterocycles. The van der Waals surface area contributed by atoms with Crippen molar-refractivity contribution in [3.05, 3.63) is 47.5 Å². The monoisotopic (exact) mass is 410 g/mol. The van der Waals surface area contributed by atoms with Crippen LogP contribution in [-0.2, 0) is 9.59 Å². The van der Waals surface area contributed by atoms with Crippen molar-refractivity contribution < 1.29 is 19.1 Å². The summed E-state index contributed by atoms with van der Waals surface area (Å²) in [5.74, 6) is 0.909. The van der Waals surface area contributed by atoms with E-state index in [1.165, 1.54) is 16.2 Å². The maximum Gasteiger partial charge on any atom is 0.266 e. The molecule has 29 heavy (non-hydrogen) atoms. The summed E-state index contributed by atoms with van der Waals surface area (Å²) in [5.41, 5.74) is 1.73. The number of fused-ring (bicyclic) bond motifs is 1.